The van der Waals surface area contributed by atoms with Crippen LogP contribution in [0.2, 0.25) is 0 Å². The van der Waals surface area contributed by atoms with Gasteiger partial charge in [0.25, 0.3) is 11.8 Å². The van der Waals surface area contributed by atoms with E-state index < -0.39 is 96.0 Å². The minimum atomic E-state index is -3.35. The SMILES string of the molecule is CC[C@@H]1[C@@H]2CN(C(=O)[C@H](C3CCCCC3)CC(=O)O[C@@H]3CCC[C@H]3CCCCC(F)(F)c3nc4ccc(OC)cc4nc3O2)[C@@H]1[C-]=O.CC[C@@H]1[C@@H]2CN(C(=O)[C@H](C3CCCCC3)CC(=O)O[C@@H]3C[C@H]3CCCCC(F)(F)c3nc4ccc(OC)cc4nc3O2)[C@@H]1[C-]=O.[V].[V]. The van der Waals surface area contributed by atoms with Crippen molar-refractivity contribution in [3.63, 3.8) is 0 Å². The number of hydrogen-bond donors (Lipinski definition) is 0. The van der Waals surface area contributed by atoms with E-state index in [1.165, 1.54) is 24.0 Å². The van der Waals surface area contributed by atoms with Gasteiger partial charge in [-0.2, -0.15) is 17.6 Å². The van der Waals surface area contributed by atoms with Gasteiger partial charge in [-0.05, 0) is 137 Å². The number of fused-ring (bicyclic) bond motifs is 10. The largest absolute Gasteiger partial charge is 0.540 e. The van der Waals surface area contributed by atoms with Gasteiger partial charge in [-0.1, -0.05) is 90.1 Å². The summed E-state index contributed by atoms with van der Waals surface area (Å²) in [6.07, 6.45) is 17.5. The average molecular weight is 1380 g/mol. The van der Waals surface area contributed by atoms with Gasteiger partial charge in [0.05, 0.1) is 74.1 Å². The van der Waals surface area contributed by atoms with E-state index in [4.69, 9.17) is 28.4 Å². The Morgan fingerprint density at radius 3 is 1.32 bits per heavy atom. The van der Waals surface area contributed by atoms with Crippen LogP contribution in [0, 0.1) is 47.3 Å². The third-order valence-electron chi connectivity index (χ3n) is 21.3. The number of ether oxygens (including phenoxy) is 6. The third-order valence-corrected chi connectivity index (χ3v) is 21.3. The van der Waals surface area contributed by atoms with Crippen LogP contribution in [0.5, 0.6) is 23.3 Å². The summed E-state index contributed by atoms with van der Waals surface area (Å²) >= 11 is 0. The van der Waals surface area contributed by atoms with Crippen molar-refractivity contribution in [2.75, 3.05) is 27.3 Å². The minimum absolute atomic E-state index is 0. The Bertz CT molecular complexity index is 3310. The van der Waals surface area contributed by atoms with Gasteiger partial charge in [-0.3, -0.25) is 19.2 Å². The van der Waals surface area contributed by atoms with Crippen LogP contribution in [-0.4, -0.2) is 130 Å². The molecule has 94 heavy (non-hydrogen) atoms. The molecule has 12 rings (SSSR count). The van der Waals surface area contributed by atoms with E-state index >= 15 is 17.6 Å². The molecule has 4 aliphatic carbocycles. The molecule has 2 radical (unpaired) electrons. The number of benzene rings is 2. The molecule has 24 heteroatoms. The fourth-order valence-electron chi connectivity index (χ4n) is 16.1. The van der Waals surface area contributed by atoms with Gasteiger partial charge < -0.3 is 47.8 Å². The first-order valence-corrected chi connectivity index (χ1v) is 34.0. The minimum Gasteiger partial charge on any atom is -0.540 e. The number of aromatic nitrogens is 4. The predicted molar refractivity (Wildman–Crippen MR) is 330 cm³/mol. The molecule has 6 fully saturated rings. The Balaban J connectivity index is 0.000000217. The van der Waals surface area contributed by atoms with E-state index in [-0.39, 0.29) is 146 Å². The zero-order chi connectivity index (χ0) is 64.8. The monoisotopic (exact) mass is 1380 g/mol. The molecule has 4 aromatic rings. The van der Waals surface area contributed by atoms with Gasteiger partial charge in [0, 0.05) is 62.1 Å². The number of rotatable bonds is 8. The van der Waals surface area contributed by atoms with Crippen molar-refractivity contribution in [1.82, 2.24) is 29.7 Å². The van der Waals surface area contributed by atoms with Crippen LogP contribution in [0.4, 0.5) is 17.6 Å². The molecule has 0 N–H and O–H groups in total. The third kappa shape index (κ3) is 16.3. The molecule has 4 bridgehead atoms. The van der Waals surface area contributed by atoms with E-state index in [9.17, 15) is 28.8 Å². The molecular formula is C70H88F4N6O12V2-2. The van der Waals surface area contributed by atoms with Crippen molar-refractivity contribution < 1.29 is 112 Å². The van der Waals surface area contributed by atoms with Crippen LogP contribution in [0.3, 0.4) is 0 Å². The molecule has 2 aromatic heterocycles. The van der Waals surface area contributed by atoms with Crippen molar-refractivity contribution >= 4 is 58.4 Å². The Labute approximate surface area is 571 Å². The maximum atomic E-state index is 16.1. The molecule has 4 saturated carbocycles. The van der Waals surface area contributed by atoms with E-state index in [2.05, 4.69) is 26.2 Å². The zero-order valence-corrected chi connectivity index (χ0v) is 57.1. The van der Waals surface area contributed by atoms with E-state index in [1.54, 1.807) is 36.4 Å². The number of esters is 2. The van der Waals surface area contributed by atoms with Crippen LogP contribution < -0.4 is 18.9 Å². The molecule has 0 unspecified atom stereocenters. The molecule has 18 nitrogen and oxygen atoms in total. The van der Waals surface area contributed by atoms with Crippen molar-refractivity contribution in [2.24, 2.45) is 47.3 Å². The summed E-state index contributed by atoms with van der Waals surface area (Å²) in [5.41, 5.74) is 0.143. The fraction of sp³-hybridized carbons (Fsp3) is 0.686. The predicted octanol–water partition coefficient (Wildman–Crippen LogP) is 12.6. The standard InChI is InChI=1S/C36H46F2N3O6.C34H42F2N3O6.2V/c1-3-25-29(21-42)41-20-31(25)47-34-33(39-27-16-15-24(45-2)18-28(27)40-34)36(37,38)17-8-7-12-23-13-9-14-30(23)46-32(43)19-26(35(41)44)22-10-5-4-6-11-22;1-3-23-27(19-40)39-18-29(23)45-32-31(37-25-13-12-22(43-2)16-26(25)38-32)34(35,36)14-8-7-11-21-15-28(21)44-30(41)17-24(33(39)42)20-9-5-4-6-10-20;;/h15-16,18,22-23,25-26,29-31H,3-14,17,19-20H2,1-2H3;12-13,16,20-21,23-24,27-29H,3-11,14-15,17-18H2,1-2H3;;/q2*-1;;/t23-,25+,26+,29-,30-,31+;21-,23+,24+,27-,28-,29+;;/m11../s1. The molecule has 2 amide bonds. The molecule has 12 atom stereocenters. The van der Waals surface area contributed by atoms with Gasteiger partial charge in [0.15, 0.2) is 11.4 Å². The van der Waals surface area contributed by atoms with Crippen molar-refractivity contribution in [1.29, 1.82) is 0 Å². The summed E-state index contributed by atoms with van der Waals surface area (Å²) in [6, 6.07) is 7.81. The molecule has 2 saturated heterocycles. The number of hydrogen-bond acceptors (Lipinski definition) is 16. The molecule has 2 aromatic carbocycles. The smallest absolute Gasteiger partial charge is 0.306 e. The number of nitrogens with zero attached hydrogens (tertiary/aromatic N) is 6. The van der Waals surface area contributed by atoms with E-state index in [1.807, 2.05) is 20.1 Å². The maximum Gasteiger partial charge on any atom is 0.306 e. The topological polar surface area (TPSA) is 216 Å². The van der Waals surface area contributed by atoms with Crippen molar-refractivity contribution in [3.8, 4) is 23.3 Å². The number of alkyl halides is 4. The second-order valence-corrected chi connectivity index (χ2v) is 27.1. The Morgan fingerprint density at radius 2 is 0.894 bits per heavy atom. The summed E-state index contributed by atoms with van der Waals surface area (Å²) in [5.74, 6) is -9.76. The summed E-state index contributed by atoms with van der Waals surface area (Å²) in [5, 5.41) is 0. The Morgan fingerprint density at radius 1 is 0.489 bits per heavy atom. The molecule has 4 aliphatic heterocycles. The molecular weight excluding hydrogens is 1290 g/mol. The zero-order valence-electron chi connectivity index (χ0n) is 54.3. The van der Waals surface area contributed by atoms with Gasteiger partial charge in [0.2, 0.25) is 23.6 Å². The second-order valence-electron chi connectivity index (χ2n) is 27.1. The molecule has 8 aliphatic rings. The Kier molecular flexibility index (Phi) is 24.9. The van der Waals surface area contributed by atoms with Crippen molar-refractivity contribution in [2.45, 2.75) is 229 Å². The van der Waals surface area contributed by atoms with Crippen LogP contribution in [0.1, 0.15) is 192 Å². The van der Waals surface area contributed by atoms with E-state index in [0.717, 1.165) is 83.5 Å². The molecule has 0 spiro atoms. The quantitative estimate of drug-likeness (QED) is 0.0910. The number of carbonyl (C=O) groups excluding carboxylic acids is 6. The van der Waals surface area contributed by atoms with Gasteiger partial charge in [0.1, 0.15) is 35.9 Å². The number of amides is 2. The second kappa shape index (κ2) is 32.2. The van der Waals surface area contributed by atoms with Crippen molar-refractivity contribution in [3.05, 3.63) is 47.8 Å². The van der Waals surface area contributed by atoms with E-state index in [0.29, 0.717) is 67.5 Å². The van der Waals surface area contributed by atoms with Gasteiger partial charge in [-0.25, -0.2) is 32.5 Å². The normalized spacial score (nSPS) is 30.3. The maximum absolute atomic E-state index is 16.1. The average Bonchev–Trinajstić information content (AvgIpc) is 1.38. The first-order valence-electron chi connectivity index (χ1n) is 34.0. The summed E-state index contributed by atoms with van der Waals surface area (Å²) in [4.78, 5) is 101. The van der Waals surface area contributed by atoms with Crippen LogP contribution >= 0.6 is 0 Å². The van der Waals surface area contributed by atoms with Gasteiger partial charge in [-0.15, -0.1) is 0 Å². The summed E-state index contributed by atoms with van der Waals surface area (Å²) in [7, 11) is 3.01. The Hall–Kier alpha value is -5.57. The molecule has 510 valence electrons. The molecule has 6 heterocycles. The van der Waals surface area contributed by atoms with Crippen LogP contribution in [0.15, 0.2) is 36.4 Å². The van der Waals surface area contributed by atoms with Crippen LogP contribution in [-0.2, 0) is 87.2 Å². The summed E-state index contributed by atoms with van der Waals surface area (Å²) < 4.78 is 99.2. The fourth-order valence-corrected chi connectivity index (χ4v) is 16.1. The van der Waals surface area contributed by atoms with Gasteiger partial charge >= 0.3 is 11.9 Å². The summed E-state index contributed by atoms with van der Waals surface area (Å²) in [6.45, 7) is 3.71. The number of carbonyl (C=O) groups is 4. The number of methoxy groups -OCH3 is 2. The first-order chi connectivity index (χ1) is 44.4. The first kappa shape index (κ1) is 72.7. The number of halogens is 4. The van der Waals surface area contributed by atoms with Crippen LogP contribution in [0.25, 0.3) is 22.1 Å².